The van der Waals surface area contributed by atoms with Crippen LogP contribution >= 0.6 is 0 Å². The fourth-order valence-corrected chi connectivity index (χ4v) is 1.43. The summed E-state index contributed by atoms with van der Waals surface area (Å²) in [4.78, 5) is 17.0. The second-order valence-corrected chi connectivity index (χ2v) is 3.01. The Morgan fingerprint density at radius 3 is 3.15 bits per heavy atom. The predicted molar refractivity (Wildman–Crippen MR) is 47.0 cm³/mol. The van der Waals surface area contributed by atoms with E-state index in [9.17, 15) is 4.79 Å². The van der Waals surface area contributed by atoms with Crippen LogP contribution in [0, 0.1) is 5.92 Å². The molecule has 5 nitrogen and oxygen atoms in total. The minimum atomic E-state index is 0.0710. The van der Waals surface area contributed by atoms with E-state index in [0.29, 0.717) is 18.9 Å². The smallest absolute Gasteiger partial charge is 0.230 e. The maximum atomic E-state index is 11.4. The highest BCUT2D eigenvalue weighted by molar-refractivity contribution is 5.94. The van der Waals surface area contributed by atoms with Crippen LogP contribution in [0.3, 0.4) is 0 Å². The van der Waals surface area contributed by atoms with Crippen LogP contribution in [-0.2, 0) is 4.79 Å². The first kappa shape index (κ1) is 7.97. The Morgan fingerprint density at radius 1 is 1.77 bits per heavy atom. The first-order valence-corrected chi connectivity index (χ1v) is 4.09. The van der Waals surface area contributed by atoms with E-state index in [1.54, 1.807) is 11.0 Å². The summed E-state index contributed by atoms with van der Waals surface area (Å²) < 4.78 is 0. The standard InChI is InChI=1S/C8H10N4O/c1-2-6-3-7(13)12(4-6)8-9-5-10-11-8/h2,5-6H,1,3-4H2,(H,9,10,11). The van der Waals surface area contributed by atoms with Gasteiger partial charge in [-0.3, -0.25) is 9.69 Å². The molecule has 2 rings (SSSR count). The zero-order valence-electron chi connectivity index (χ0n) is 7.10. The summed E-state index contributed by atoms with van der Waals surface area (Å²) in [7, 11) is 0. The lowest BCUT2D eigenvalue weighted by molar-refractivity contribution is -0.117. The number of rotatable bonds is 2. The second kappa shape index (κ2) is 3.01. The molecule has 0 radical (unpaired) electrons. The molecule has 1 saturated heterocycles. The Hall–Kier alpha value is -1.65. The van der Waals surface area contributed by atoms with Gasteiger partial charge in [0.25, 0.3) is 0 Å². The van der Waals surface area contributed by atoms with Crippen molar-refractivity contribution in [3.05, 3.63) is 19.0 Å². The zero-order valence-corrected chi connectivity index (χ0v) is 7.10. The van der Waals surface area contributed by atoms with Crippen LogP contribution < -0.4 is 4.90 Å². The summed E-state index contributed by atoms with van der Waals surface area (Å²) in [6, 6.07) is 0. The summed E-state index contributed by atoms with van der Waals surface area (Å²) in [6.07, 6.45) is 3.71. The van der Waals surface area contributed by atoms with E-state index < -0.39 is 0 Å². The van der Waals surface area contributed by atoms with E-state index in [1.165, 1.54) is 6.33 Å². The van der Waals surface area contributed by atoms with Crippen molar-refractivity contribution in [3.63, 3.8) is 0 Å². The molecule has 68 valence electrons. The summed E-state index contributed by atoms with van der Waals surface area (Å²) in [6.45, 7) is 4.32. The third-order valence-corrected chi connectivity index (χ3v) is 2.15. The zero-order chi connectivity index (χ0) is 9.26. The van der Waals surface area contributed by atoms with Gasteiger partial charge < -0.3 is 0 Å². The number of anilines is 1. The van der Waals surface area contributed by atoms with E-state index in [4.69, 9.17) is 0 Å². The molecule has 0 saturated carbocycles. The second-order valence-electron chi connectivity index (χ2n) is 3.01. The number of H-pyrrole nitrogens is 1. The molecule has 1 unspecified atom stereocenters. The monoisotopic (exact) mass is 178 g/mol. The van der Waals surface area contributed by atoms with Gasteiger partial charge >= 0.3 is 0 Å². The molecule has 1 N–H and O–H groups in total. The average Bonchev–Trinajstić information content (AvgIpc) is 2.72. The summed E-state index contributed by atoms with van der Waals surface area (Å²) in [5.74, 6) is 0.827. The minimum absolute atomic E-state index is 0.0710. The molecule has 1 amide bonds. The summed E-state index contributed by atoms with van der Waals surface area (Å²) in [5, 5.41) is 6.36. The fourth-order valence-electron chi connectivity index (χ4n) is 1.43. The van der Waals surface area contributed by atoms with Crippen LogP contribution in [-0.4, -0.2) is 27.6 Å². The summed E-state index contributed by atoms with van der Waals surface area (Å²) in [5.41, 5.74) is 0. The molecule has 1 aromatic heterocycles. The van der Waals surface area contributed by atoms with Gasteiger partial charge in [0, 0.05) is 18.9 Å². The Balaban J connectivity index is 2.18. The maximum Gasteiger partial charge on any atom is 0.230 e. The van der Waals surface area contributed by atoms with E-state index >= 15 is 0 Å². The molecule has 13 heavy (non-hydrogen) atoms. The molecule has 1 aromatic rings. The first-order chi connectivity index (χ1) is 6.31. The number of carbonyl (C=O) groups excluding carboxylic acids is 1. The fraction of sp³-hybridized carbons (Fsp3) is 0.375. The molecule has 2 heterocycles. The lowest BCUT2D eigenvalue weighted by Crippen LogP contribution is -2.25. The highest BCUT2D eigenvalue weighted by Crippen LogP contribution is 2.21. The first-order valence-electron chi connectivity index (χ1n) is 4.09. The summed E-state index contributed by atoms with van der Waals surface area (Å²) >= 11 is 0. The molecular weight excluding hydrogens is 168 g/mol. The SMILES string of the molecule is C=CC1CC(=O)N(c2ncn[nH]2)C1. The molecular formula is C8H10N4O. The highest BCUT2D eigenvalue weighted by atomic mass is 16.2. The topological polar surface area (TPSA) is 61.9 Å². The molecule has 0 aromatic carbocycles. The van der Waals surface area contributed by atoms with Crippen molar-refractivity contribution in [1.82, 2.24) is 15.2 Å². The van der Waals surface area contributed by atoms with Crippen molar-refractivity contribution in [2.75, 3.05) is 11.4 Å². The number of hydrogen-bond donors (Lipinski definition) is 1. The van der Waals surface area contributed by atoms with Crippen molar-refractivity contribution >= 4 is 11.9 Å². The van der Waals surface area contributed by atoms with Crippen LogP contribution in [0.15, 0.2) is 19.0 Å². The molecule has 0 aliphatic carbocycles. The third kappa shape index (κ3) is 1.32. The molecule has 0 bridgehead atoms. The Morgan fingerprint density at radius 2 is 2.62 bits per heavy atom. The van der Waals surface area contributed by atoms with Gasteiger partial charge in [-0.15, -0.1) is 6.58 Å². The molecule has 5 heteroatoms. The number of hydrogen-bond acceptors (Lipinski definition) is 3. The van der Waals surface area contributed by atoms with Crippen molar-refractivity contribution in [2.45, 2.75) is 6.42 Å². The van der Waals surface area contributed by atoms with Gasteiger partial charge in [-0.25, -0.2) is 5.10 Å². The highest BCUT2D eigenvalue weighted by Gasteiger charge is 2.30. The van der Waals surface area contributed by atoms with Gasteiger partial charge in [-0.05, 0) is 0 Å². The Labute approximate surface area is 75.5 Å². The number of carbonyl (C=O) groups is 1. The maximum absolute atomic E-state index is 11.4. The molecule has 1 aliphatic rings. The Kier molecular flexibility index (Phi) is 1.84. The van der Waals surface area contributed by atoms with Crippen molar-refractivity contribution < 1.29 is 4.79 Å². The quantitative estimate of drug-likeness (QED) is 0.664. The van der Waals surface area contributed by atoms with E-state index in [1.807, 2.05) is 0 Å². The number of nitrogens with zero attached hydrogens (tertiary/aromatic N) is 3. The van der Waals surface area contributed by atoms with E-state index in [2.05, 4.69) is 21.8 Å². The molecule has 0 spiro atoms. The number of aromatic nitrogens is 3. The van der Waals surface area contributed by atoms with Crippen molar-refractivity contribution in [2.24, 2.45) is 5.92 Å². The molecule has 1 aliphatic heterocycles. The minimum Gasteiger partial charge on any atom is -0.280 e. The average molecular weight is 178 g/mol. The van der Waals surface area contributed by atoms with Crippen LogP contribution in [0.25, 0.3) is 0 Å². The lowest BCUT2D eigenvalue weighted by atomic mass is 10.1. The van der Waals surface area contributed by atoms with E-state index in [-0.39, 0.29) is 11.8 Å². The van der Waals surface area contributed by atoms with Gasteiger partial charge in [-0.1, -0.05) is 6.08 Å². The lowest BCUT2D eigenvalue weighted by Gasteiger charge is -2.10. The van der Waals surface area contributed by atoms with Gasteiger partial charge in [0.1, 0.15) is 6.33 Å². The predicted octanol–water partition coefficient (Wildman–Crippen LogP) is 0.344. The van der Waals surface area contributed by atoms with Gasteiger partial charge in [0.2, 0.25) is 11.9 Å². The van der Waals surface area contributed by atoms with Gasteiger partial charge in [-0.2, -0.15) is 10.1 Å². The van der Waals surface area contributed by atoms with Crippen LogP contribution in [0.2, 0.25) is 0 Å². The van der Waals surface area contributed by atoms with Crippen molar-refractivity contribution in [1.29, 1.82) is 0 Å². The number of nitrogens with one attached hydrogen (secondary N) is 1. The largest absolute Gasteiger partial charge is 0.280 e. The Bertz CT molecular complexity index is 319. The normalized spacial score (nSPS) is 22.3. The number of amides is 1. The van der Waals surface area contributed by atoms with Crippen LogP contribution in [0.5, 0.6) is 0 Å². The van der Waals surface area contributed by atoms with E-state index in [0.717, 1.165) is 0 Å². The van der Waals surface area contributed by atoms with Crippen LogP contribution in [0.1, 0.15) is 6.42 Å². The third-order valence-electron chi connectivity index (χ3n) is 2.15. The molecule has 1 fully saturated rings. The number of aromatic amines is 1. The molecule has 1 atom stereocenters. The van der Waals surface area contributed by atoms with Gasteiger partial charge in [0.05, 0.1) is 0 Å². The van der Waals surface area contributed by atoms with Gasteiger partial charge in [0.15, 0.2) is 0 Å². The van der Waals surface area contributed by atoms with Crippen molar-refractivity contribution in [3.8, 4) is 0 Å². The van der Waals surface area contributed by atoms with Crippen LogP contribution in [0.4, 0.5) is 5.95 Å².